The van der Waals surface area contributed by atoms with Gasteiger partial charge >= 0.3 is 0 Å². The monoisotopic (exact) mass is 175 g/mol. The second-order valence-electron chi connectivity index (χ2n) is 3.65. The largest absolute Gasteiger partial charge is 0.314 e. The normalized spacial score (nSPS) is 22.4. The van der Waals surface area contributed by atoms with E-state index < -0.39 is 0 Å². The van der Waals surface area contributed by atoms with Gasteiger partial charge in [-0.2, -0.15) is 0 Å². The number of hydrogen-bond donors (Lipinski definition) is 1. The molecule has 1 aliphatic carbocycles. The molecule has 1 N–H and O–H groups in total. The minimum Gasteiger partial charge on any atom is -0.314 e. The lowest BCUT2D eigenvalue weighted by atomic mass is 10.2. The Kier molecular flexibility index (Phi) is 4.24. The zero-order chi connectivity index (χ0) is 8.10. The van der Waals surface area contributed by atoms with Gasteiger partial charge in [-0.15, -0.1) is 11.6 Å². The molecule has 1 saturated carbocycles. The van der Waals surface area contributed by atoms with Crippen molar-refractivity contribution in [1.29, 1.82) is 0 Å². The molecule has 11 heavy (non-hydrogen) atoms. The molecule has 1 aliphatic rings. The van der Waals surface area contributed by atoms with Gasteiger partial charge in [0.15, 0.2) is 0 Å². The summed E-state index contributed by atoms with van der Waals surface area (Å²) in [4.78, 5) is 0. The molecule has 0 aromatic heterocycles. The molecule has 0 bridgehead atoms. The fraction of sp³-hybridized carbons (Fsp3) is 1.00. The van der Waals surface area contributed by atoms with E-state index in [1.54, 1.807) is 0 Å². The van der Waals surface area contributed by atoms with Crippen LogP contribution < -0.4 is 5.32 Å². The van der Waals surface area contributed by atoms with Crippen LogP contribution in [0, 0.1) is 5.92 Å². The molecule has 1 fully saturated rings. The molecule has 0 amide bonds. The molecular weight excluding hydrogens is 158 g/mol. The zero-order valence-corrected chi connectivity index (χ0v) is 8.03. The van der Waals surface area contributed by atoms with Gasteiger partial charge < -0.3 is 5.32 Å². The fourth-order valence-electron chi connectivity index (χ4n) is 1.55. The maximum Gasteiger partial charge on any atom is 0.0261 e. The van der Waals surface area contributed by atoms with Gasteiger partial charge in [-0.05, 0) is 25.3 Å². The molecule has 1 nitrogen and oxygen atoms in total. The predicted molar refractivity (Wildman–Crippen MR) is 50.1 cm³/mol. The summed E-state index contributed by atoms with van der Waals surface area (Å²) >= 11 is 5.70. The third kappa shape index (κ3) is 3.44. The molecule has 66 valence electrons. The van der Waals surface area contributed by atoms with E-state index in [1.165, 1.54) is 25.7 Å². The van der Waals surface area contributed by atoms with Crippen molar-refractivity contribution in [2.75, 3.05) is 12.4 Å². The Morgan fingerprint density at radius 3 is 2.64 bits per heavy atom. The lowest BCUT2D eigenvalue weighted by Gasteiger charge is -2.14. The third-order valence-electron chi connectivity index (χ3n) is 2.37. The number of nitrogens with one attached hydrogen (secondary N) is 1. The zero-order valence-electron chi connectivity index (χ0n) is 7.28. The number of halogens is 1. The molecular formula is C9H18ClN. The molecule has 0 aliphatic heterocycles. The van der Waals surface area contributed by atoms with Crippen molar-refractivity contribution in [3.8, 4) is 0 Å². The smallest absolute Gasteiger partial charge is 0.0261 e. The first-order valence-electron chi connectivity index (χ1n) is 4.62. The van der Waals surface area contributed by atoms with Crippen LogP contribution in [0.4, 0.5) is 0 Å². The van der Waals surface area contributed by atoms with E-state index in [9.17, 15) is 0 Å². The van der Waals surface area contributed by atoms with Crippen molar-refractivity contribution in [3.05, 3.63) is 0 Å². The predicted octanol–water partition coefficient (Wildman–Crippen LogP) is 2.39. The topological polar surface area (TPSA) is 12.0 Å². The minimum atomic E-state index is 0.622. The highest BCUT2D eigenvalue weighted by molar-refractivity contribution is 6.18. The van der Waals surface area contributed by atoms with Crippen LogP contribution in [0.5, 0.6) is 0 Å². The van der Waals surface area contributed by atoms with Crippen LogP contribution >= 0.6 is 11.6 Å². The highest BCUT2D eigenvalue weighted by Crippen LogP contribution is 2.17. The minimum absolute atomic E-state index is 0.622. The fourth-order valence-corrected chi connectivity index (χ4v) is 1.66. The Hall–Kier alpha value is 0.250. The van der Waals surface area contributed by atoms with Crippen LogP contribution in [0.15, 0.2) is 0 Å². The van der Waals surface area contributed by atoms with Crippen molar-refractivity contribution in [2.45, 2.75) is 38.6 Å². The van der Waals surface area contributed by atoms with E-state index in [2.05, 4.69) is 12.2 Å². The average Bonchev–Trinajstić information content (AvgIpc) is 2.52. The number of rotatable bonds is 4. The SMILES string of the molecule is CC(CCl)CNC1CCCC1. The standard InChI is InChI=1S/C9H18ClN/c1-8(6-10)7-11-9-4-2-3-5-9/h8-9,11H,2-7H2,1H3. The summed E-state index contributed by atoms with van der Waals surface area (Å²) in [5.74, 6) is 1.40. The molecule has 0 radical (unpaired) electrons. The van der Waals surface area contributed by atoms with Crippen molar-refractivity contribution in [1.82, 2.24) is 5.32 Å². The van der Waals surface area contributed by atoms with Crippen LogP contribution in [0.1, 0.15) is 32.6 Å². The summed E-state index contributed by atoms with van der Waals surface area (Å²) in [5, 5.41) is 3.55. The van der Waals surface area contributed by atoms with Gasteiger partial charge in [-0.25, -0.2) is 0 Å². The molecule has 0 aromatic carbocycles. The Bertz CT molecular complexity index is 99.7. The Morgan fingerprint density at radius 2 is 2.09 bits per heavy atom. The summed E-state index contributed by atoms with van der Waals surface area (Å²) in [6, 6.07) is 0.792. The van der Waals surface area contributed by atoms with E-state index in [1.807, 2.05) is 0 Å². The summed E-state index contributed by atoms with van der Waals surface area (Å²) in [6.45, 7) is 3.28. The average molecular weight is 176 g/mol. The van der Waals surface area contributed by atoms with Crippen LogP contribution in [-0.2, 0) is 0 Å². The van der Waals surface area contributed by atoms with Crippen LogP contribution in [0.2, 0.25) is 0 Å². The van der Waals surface area contributed by atoms with Crippen LogP contribution in [-0.4, -0.2) is 18.5 Å². The summed E-state index contributed by atoms with van der Waals surface area (Å²) < 4.78 is 0. The van der Waals surface area contributed by atoms with Crippen LogP contribution in [0.3, 0.4) is 0 Å². The lowest BCUT2D eigenvalue weighted by Crippen LogP contribution is -2.30. The van der Waals surface area contributed by atoms with Crippen molar-refractivity contribution < 1.29 is 0 Å². The summed E-state index contributed by atoms with van der Waals surface area (Å²) in [7, 11) is 0. The first kappa shape index (κ1) is 9.34. The van der Waals surface area contributed by atoms with Crippen molar-refractivity contribution in [2.24, 2.45) is 5.92 Å². The maximum atomic E-state index is 5.70. The number of hydrogen-bond acceptors (Lipinski definition) is 1. The molecule has 1 rings (SSSR count). The lowest BCUT2D eigenvalue weighted by molar-refractivity contribution is 0.471. The Balaban J connectivity index is 2.01. The van der Waals surface area contributed by atoms with Gasteiger partial charge in [0.1, 0.15) is 0 Å². The molecule has 0 spiro atoms. The van der Waals surface area contributed by atoms with Crippen LogP contribution in [0.25, 0.3) is 0 Å². The summed E-state index contributed by atoms with van der Waals surface area (Å²) in [6.07, 6.45) is 5.56. The van der Waals surface area contributed by atoms with Gasteiger partial charge in [-0.3, -0.25) is 0 Å². The molecule has 1 atom stereocenters. The highest BCUT2D eigenvalue weighted by Gasteiger charge is 2.14. The Morgan fingerprint density at radius 1 is 1.45 bits per heavy atom. The second-order valence-corrected chi connectivity index (χ2v) is 3.96. The Labute approximate surface area is 74.5 Å². The van der Waals surface area contributed by atoms with Gasteiger partial charge in [0.05, 0.1) is 0 Å². The number of alkyl halides is 1. The van der Waals surface area contributed by atoms with Gasteiger partial charge in [0.2, 0.25) is 0 Å². The van der Waals surface area contributed by atoms with Crippen molar-refractivity contribution in [3.63, 3.8) is 0 Å². The maximum absolute atomic E-state index is 5.70. The first-order chi connectivity index (χ1) is 5.33. The highest BCUT2D eigenvalue weighted by atomic mass is 35.5. The van der Waals surface area contributed by atoms with Gasteiger partial charge in [0.25, 0.3) is 0 Å². The molecule has 1 unspecified atom stereocenters. The first-order valence-corrected chi connectivity index (χ1v) is 5.15. The van der Waals surface area contributed by atoms with E-state index in [0.717, 1.165) is 18.5 Å². The van der Waals surface area contributed by atoms with E-state index in [-0.39, 0.29) is 0 Å². The molecule has 0 heterocycles. The van der Waals surface area contributed by atoms with Crippen molar-refractivity contribution >= 4 is 11.6 Å². The summed E-state index contributed by atoms with van der Waals surface area (Å²) in [5.41, 5.74) is 0. The molecule has 0 aromatic rings. The molecule has 0 saturated heterocycles. The third-order valence-corrected chi connectivity index (χ3v) is 2.90. The second kappa shape index (κ2) is 5.00. The van der Waals surface area contributed by atoms with E-state index >= 15 is 0 Å². The quantitative estimate of drug-likeness (QED) is 0.648. The van der Waals surface area contributed by atoms with Gasteiger partial charge in [-0.1, -0.05) is 19.8 Å². The van der Waals surface area contributed by atoms with Gasteiger partial charge in [0, 0.05) is 11.9 Å². The molecule has 2 heteroatoms. The van der Waals surface area contributed by atoms with E-state index in [4.69, 9.17) is 11.6 Å². The van der Waals surface area contributed by atoms with E-state index in [0.29, 0.717) is 5.92 Å².